The second-order valence-corrected chi connectivity index (χ2v) is 8.61. The van der Waals surface area contributed by atoms with Crippen molar-refractivity contribution in [2.45, 2.75) is 38.0 Å². The van der Waals surface area contributed by atoms with Crippen molar-refractivity contribution >= 4 is 11.6 Å². The average Bonchev–Trinajstić information content (AvgIpc) is 3.19. The summed E-state index contributed by atoms with van der Waals surface area (Å²) in [5.41, 5.74) is 3.05. The van der Waals surface area contributed by atoms with E-state index >= 15 is 0 Å². The number of alkyl halides is 9. The Morgan fingerprint density at radius 2 is 1.55 bits per heavy atom. The number of nitrogens with one attached hydrogen (secondary N) is 1. The van der Waals surface area contributed by atoms with Crippen LogP contribution in [0.3, 0.4) is 0 Å². The third kappa shape index (κ3) is 6.29. The molecular weight excluding hydrogens is 535 g/mol. The van der Waals surface area contributed by atoms with Gasteiger partial charge in [0.1, 0.15) is 5.75 Å². The Bertz CT molecular complexity index is 1200. The number of benzene rings is 2. The van der Waals surface area contributed by atoms with Crippen molar-refractivity contribution in [3.8, 4) is 16.9 Å². The van der Waals surface area contributed by atoms with Crippen LogP contribution in [-0.2, 0) is 22.3 Å². The SMILES string of the molecule is COc1ccc(-c2cc3c(c(C(F)(F)F)c2)CN2CCNC[C@@H]32)c(C)c1.O=C(C(=O)C(F)(F)F)C(F)(F)F. The predicted molar refractivity (Wildman–Crippen MR) is 116 cm³/mol. The number of piperazine rings is 1. The molecule has 0 aromatic heterocycles. The Morgan fingerprint density at radius 1 is 0.947 bits per heavy atom. The molecule has 0 bridgehead atoms. The van der Waals surface area contributed by atoms with Gasteiger partial charge in [-0.3, -0.25) is 14.5 Å². The number of Topliss-reactive ketones (excluding diaryl/α,β-unsaturated/α-hetero) is 2. The lowest BCUT2D eigenvalue weighted by Crippen LogP contribution is -2.42. The standard InChI is InChI=1S/C20H21F3N2O.C4F6O2/c1-12-7-14(26-2)3-4-15(12)13-8-16-17(18(9-13)20(21,22)23)11-25-6-5-24-10-19(16)25;5-3(6,7)1(11)2(12)4(8,9)10/h3-4,7-9,19,24H,5-6,10-11H2,1-2H3;/t19-;/m0./s1. The molecule has 5 nitrogen and oxygen atoms in total. The van der Waals surface area contributed by atoms with E-state index in [1.165, 1.54) is 6.07 Å². The fraction of sp³-hybridized carbons (Fsp3) is 0.417. The number of methoxy groups -OCH3 is 1. The first kappa shape index (κ1) is 29.4. The number of aryl methyl sites for hydroxylation is 1. The van der Waals surface area contributed by atoms with Gasteiger partial charge in [-0.25, -0.2) is 0 Å². The Morgan fingerprint density at radius 3 is 2.05 bits per heavy atom. The van der Waals surface area contributed by atoms with Crippen molar-refractivity contribution in [1.29, 1.82) is 0 Å². The van der Waals surface area contributed by atoms with E-state index in [2.05, 4.69) is 10.2 Å². The summed E-state index contributed by atoms with van der Waals surface area (Å²) in [6.45, 7) is 4.55. The van der Waals surface area contributed by atoms with Gasteiger partial charge in [0.25, 0.3) is 0 Å². The van der Waals surface area contributed by atoms with Gasteiger partial charge in [0, 0.05) is 32.2 Å². The van der Waals surface area contributed by atoms with Crippen LogP contribution in [0.4, 0.5) is 39.5 Å². The molecule has 0 radical (unpaired) electrons. The largest absolute Gasteiger partial charge is 0.497 e. The smallest absolute Gasteiger partial charge is 0.458 e. The lowest BCUT2D eigenvalue weighted by Gasteiger charge is -2.30. The van der Waals surface area contributed by atoms with E-state index in [1.807, 2.05) is 25.1 Å². The van der Waals surface area contributed by atoms with E-state index in [0.717, 1.165) is 29.8 Å². The monoisotopic (exact) mass is 556 g/mol. The second kappa shape index (κ2) is 10.6. The van der Waals surface area contributed by atoms with Crippen LogP contribution in [0, 0.1) is 6.92 Å². The van der Waals surface area contributed by atoms with Gasteiger partial charge in [0.05, 0.1) is 12.7 Å². The number of hydrogen-bond donors (Lipinski definition) is 1. The second-order valence-electron chi connectivity index (χ2n) is 8.61. The summed E-state index contributed by atoms with van der Waals surface area (Å²) in [6.07, 6.45) is -15.9. The molecular formula is C24H21F9N2O3. The third-order valence-corrected chi connectivity index (χ3v) is 6.13. The Balaban J connectivity index is 0.000000284. The van der Waals surface area contributed by atoms with Gasteiger partial charge >= 0.3 is 30.1 Å². The number of carbonyl (C=O) groups is 2. The molecule has 2 aromatic rings. The third-order valence-electron chi connectivity index (χ3n) is 6.13. The van der Waals surface area contributed by atoms with E-state index in [-0.39, 0.29) is 6.04 Å². The van der Waals surface area contributed by atoms with Crippen LogP contribution in [0.25, 0.3) is 11.1 Å². The number of hydrogen-bond acceptors (Lipinski definition) is 5. The molecule has 1 saturated heterocycles. The maximum Gasteiger partial charge on any atom is 0.458 e. The highest BCUT2D eigenvalue weighted by Gasteiger charge is 2.54. The summed E-state index contributed by atoms with van der Waals surface area (Å²) in [7, 11) is 1.58. The van der Waals surface area contributed by atoms with Crippen molar-refractivity contribution in [3.63, 3.8) is 0 Å². The molecule has 2 aromatic carbocycles. The topological polar surface area (TPSA) is 58.6 Å². The summed E-state index contributed by atoms with van der Waals surface area (Å²) < 4.78 is 114. The maximum atomic E-state index is 13.8. The summed E-state index contributed by atoms with van der Waals surface area (Å²) in [4.78, 5) is 21.4. The molecule has 1 atom stereocenters. The van der Waals surface area contributed by atoms with E-state index in [0.29, 0.717) is 30.0 Å². The lowest BCUT2D eigenvalue weighted by atomic mass is 9.91. The Kier molecular flexibility index (Phi) is 8.18. The zero-order chi connectivity index (χ0) is 28.6. The first-order valence-electron chi connectivity index (χ1n) is 11.0. The van der Waals surface area contributed by atoms with Gasteiger partial charge in [0.15, 0.2) is 0 Å². The van der Waals surface area contributed by atoms with Crippen LogP contribution >= 0.6 is 0 Å². The molecule has 0 saturated carbocycles. The molecule has 2 heterocycles. The van der Waals surface area contributed by atoms with Crippen LogP contribution in [0.1, 0.15) is 28.3 Å². The number of ketones is 2. The van der Waals surface area contributed by atoms with Crippen molar-refractivity contribution < 1.29 is 53.8 Å². The van der Waals surface area contributed by atoms with Crippen molar-refractivity contribution in [2.24, 2.45) is 0 Å². The van der Waals surface area contributed by atoms with E-state index < -0.39 is 35.7 Å². The fourth-order valence-corrected chi connectivity index (χ4v) is 4.37. The zero-order valence-electron chi connectivity index (χ0n) is 19.9. The lowest BCUT2D eigenvalue weighted by molar-refractivity contribution is -0.193. The first-order chi connectivity index (χ1) is 17.4. The van der Waals surface area contributed by atoms with Crippen molar-refractivity contribution in [2.75, 3.05) is 26.7 Å². The molecule has 2 aliphatic heterocycles. The van der Waals surface area contributed by atoms with Crippen LogP contribution in [-0.4, -0.2) is 55.6 Å². The molecule has 1 fully saturated rings. The summed E-state index contributed by atoms with van der Waals surface area (Å²) in [5.74, 6) is -6.11. The number of fused-ring (bicyclic) bond motifs is 3. The summed E-state index contributed by atoms with van der Waals surface area (Å²) in [6, 6.07) is 8.73. The minimum atomic E-state index is -5.77. The summed E-state index contributed by atoms with van der Waals surface area (Å²) in [5, 5.41) is 3.30. The predicted octanol–water partition coefficient (Wildman–Crippen LogP) is 5.40. The fourth-order valence-electron chi connectivity index (χ4n) is 4.37. The molecule has 1 N–H and O–H groups in total. The molecule has 4 rings (SSSR count). The molecule has 0 amide bonds. The van der Waals surface area contributed by atoms with Crippen LogP contribution in [0.5, 0.6) is 5.75 Å². The zero-order valence-corrected chi connectivity index (χ0v) is 19.9. The molecule has 2 aliphatic rings. The van der Waals surface area contributed by atoms with Crippen molar-refractivity contribution in [3.05, 3.63) is 52.6 Å². The van der Waals surface area contributed by atoms with Gasteiger partial charge in [0.2, 0.25) is 0 Å². The normalized spacial score (nSPS) is 17.7. The highest BCUT2D eigenvalue weighted by Crippen LogP contribution is 2.45. The first-order valence-corrected chi connectivity index (χ1v) is 11.0. The molecule has 14 heteroatoms. The molecule has 38 heavy (non-hydrogen) atoms. The quantitative estimate of drug-likeness (QED) is 0.406. The number of nitrogens with zero attached hydrogens (tertiary/aromatic N) is 1. The molecule has 208 valence electrons. The molecule has 0 aliphatic carbocycles. The van der Waals surface area contributed by atoms with Gasteiger partial charge in [-0.2, -0.15) is 39.5 Å². The van der Waals surface area contributed by atoms with E-state index in [4.69, 9.17) is 4.74 Å². The van der Waals surface area contributed by atoms with Gasteiger partial charge in [-0.15, -0.1) is 0 Å². The maximum absolute atomic E-state index is 13.8. The molecule has 0 unspecified atom stereocenters. The number of ether oxygens (including phenoxy) is 1. The van der Waals surface area contributed by atoms with Gasteiger partial charge in [-0.05, 0) is 59.0 Å². The number of rotatable bonds is 3. The number of halogens is 9. The van der Waals surface area contributed by atoms with Gasteiger partial charge < -0.3 is 10.1 Å². The summed E-state index contributed by atoms with van der Waals surface area (Å²) >= 11 is 0. The van der Waals surface area contributed by atoms with Crippen LogP contribution in [0.15, 0.2) is 30.3 Å². The average molecular weight is 556 g/mol. The minimum absolute atomic E-state index is 0.0124. The highest BCUT2D eigenvalue weighted by atomic mass is 19.4. The van der Waals surface area contributed by atoms with Crippen molar-refractivity contribution in [1.82, 2.24) is 10.2 Å². The Labute approximate surface area is 210 Å². The molecule has 0 spiro atoms. The minimum Gasteiger partial charge on any atom is -0.497 e. The highest BCUT2D eigenvalue weighted by molar-refractivity contribution is 6.41. The van der Waals surface area contributed by atoms with Crippen LogP contribution < -0.4 is 10.1 Å². The Hall–Kier alpha value is -3.13. The van der Waals surface area contributed by atoms with Gasteiger partial charge in [-0.1, -0.05) is 6.07 Å². The number of carbonyl (C=O) groups excluding carboxylic acids is 2. The van der Waals surface area contributed by atoms with E-state index in [9.17, 15) is 49.1 Å². The van der Waals surface area contributed by atoms with Crippen LogP contribution in [0.2, 0.25) is 0 Å². The van der Waals surface area contributed by atoms with E-state index in [1.54, 1.807) is 13.2 Å².